The number of aryl methyl sites for hydroxylation is 2. The second-order valence-corrected chi connectivity index (χ2v) is 11.3. The van der Waals surface area contributed by atoms with Gasteiger partial charge in [0.25, 0.3) is 0 Å². The SMILES string of the molecule is O=S1(=O)CC[C@H](NCc2cc3cc4c(cc3nc2OCc2cccc(C(F)(F)F)c2)CCC4)C1. The van der Waals surface area contributed by atoms with Gasteiger partial charge in [0.2, 0.25) is 5.88 Å². The molecule has 1 fully saturated rings. The highest BCUT2D eigenvalue weighted by Crippen LogP contribution is 2.32. The van der Waals surface area contributed by atoms with Gasteiger partial charge in [0.15, 0.2) is 9.84 Å². The molecule has 0 radical (unpaired) electrons. The van der Waals surface area contributed by atoms with E-state index in [0.717, 1.165) is 47.9 Å². The summed E-state index contributed by atoms with van der Waals surface area (Å²) in [6, 6.07) is 11.1. The van der Waals surface area contributed by atoms with Crippen molar-refractivity contribution in [3.05, 3.63) is 70.3 Å². The zero-order valence-electron chi connectivity index (χ0n) is 18.5. The smallest absolute Gasteiger partial charge is 0.416 e. The highest BCUT2D eigenvalue weighted by atomic mass is 32.2. The second kappa shape index (κ2) is 8.85. The third-order valence-corrected chi connectivity index (χ3v) is 8.28. The summed E-state index contributed by atoms with van der Waals surface area (Å²) in [5.74, 6) is 0.615. The van der Waals surface area contributed by atoms with Crippen molar-refractivity contribution in [1.82, 2.24) is 10.3 Å². The van der Waals surface area contributed by atoms with Crippen molar-refractivity contribution in [3.8, 4) is 5.88 Å². The second-order valence-electron chi connectivity index (χ2n) is 9.09. The number of hydrogen-bond acceptors (Lipinski definition) is 5. The van der Waals surface area contributed by atoms with Gasteiger partial charge in [-0.15, -0.1) is 0 Å². The lowest BCUT2D eigenvalue weighted by Gasteiger charge is -2.16. The van der Waals surface area contributed by atoms with Gasteiger partial charge >= 0.3 is 6.18 Å². The molecule has 1 aliphatic heterocycles. The summed E-state index contributed by atoms with van der Waals surface area (Å²) in [5.41, 5.74) is 3.79. The molecule has 2 aromatic carbocycles. The first-order valence-corrected chi connectivity index (χ1v) is 13.2. The third kappa shape index (κ3) is 5.05. The number of halogens is 3. The lowest BCUT2D eigenvalue weighted by atomic mass is 10.0. The van der Waals surface area contributed by atoms with E-state index in [1.165, 1.54) is 17.2 Å². The minimum Gasteiger partial charge on any atom is -0.473 e. The van der Waals surface area contributed by atoms with Gasteiger partial charge < -0.3 is 10.1 Å². The van der Waals surface area contributed by atoms with Crippen molar-refractivity contribution in [1.29, 1.82) is 0 Å². The molecule has 1 N–H and O–H groups in total. The van der Waals surface area contributed by atoms with Crippen LogP contribution in [0.4, 0.5) is 13.2 Å². The summed E-state index contributed by atoms with van der Waals surface area (Å²) in [5, 5.41) is 4.27. The molecule has 0 spiro atoms. The predicted molar refractivity (Wildman–Crippen MR) is 123 cm³/mol. The van der Waals surface area contributed by atoms with Crippen LogP contribution in [0.1, 0.15) is 40.7 Å². The zero-order chi connectivity index (χ0) is 23.9. The summed E-state index contributed by atoms with van der Waals surface area (Å²) < 4.78 is 68.8. The molecule has 5 rings (SSSR count). The molecule has 2 aliphatic rings. The minimum absolute atomic E-state index is 0.0574. The fraction of sp³-hybridized carbons (Fsp3) is 0.400. The maximum Gasteiger partial charge on any atom is 0.416 e. The lowest BCUT2D eigenvalue weighted by molar-refractivity contribution is -0.137. The number of sulfone groups is 1. The zero-order valence-corrected chi connectivity index (χ0v) is 19.3. The van der Waals surface area contributed by atoms with E-state index in [2.05, 4.69) is 17.4 Å². The van der Waals surface area contributed by atoms with Gasteiger partial charge in [0.05, 0.1) is 22.6 Å². The molecular formula is C25H25F3N2O3S. The Balaban J connectivity index is 1.42. The number of nitrogens with zero attached hydrogens (tertiary/aromatic N) is 1. The Kier molecular flexibility index (Phi) is 6.02. The Morgan fingerprint density at radius 3 is 2.62 bits per heavy atom. The Hall–Kier alpha value is -2.65. The van der Waals surface area contributed by atoms with Crippen molar-refractivity contribution >= 4 is 20.7 Å². The van der Waals surface area contributed by atoms with Crippen molar-refractivity contribution < 1.29 is 26.3 Å². The lowest BCUT2D eigenvalue weighted by Crippen LogP contribution is -2.29. The van der Waals surface area contributed by atoms with Crippen LogP contribution in [0.2, 0.25) is 0 Å². The van der Waals surface area contributed by atoms with Crippen LogP contribution in [-0.4, -0.2) is 30.9 Å². The predicted octanol–water partition coefficient (Wildman–Crippen LogP) is 4.60. The van der Waals surface area contributed by atoms with Gasteiger partial charge in [-0.25, -0.2) is 13.4 Å². The van der Waals surface area contributed by atoms with Gasteiger partial charge in [0, 0.05) is 23.5 Å². The van der Waals surface area contributed by atoms with Gasteiger partial charge in [-0.05, 0) is 72.7 Å². The highest BCUT2D eigenvalue weighted by molar-refractivity contribution is 7.91. The van der Waals surface area contributed by atoms with Gasteiger partial charge in [0.1, 0.15) is 6.61 Å². The van der Waals surface area contributed by atoms with Crippen molar-refractivity contribution in [2.45, 2.75) is 51.1 Å². The average Bonchev–Trinajstić information content (AvgIpc) is 3.39. The molecule has 1 aromatic heterocycles. The first-order valence-electron chi connectivity index (χ1n) is 11.3. The molecule has 3 aromatic rings. The van der Waals surface area contributed by atoms with Gasteiger partial charge in [-0.1, -0.05) is 12.1 Å². The van der Waals surface area contributed by atoms with Crippen LogP contribution in [0, 0.1) is 0 Å². The number of pyridine rings is 1. The minimum atomic E-state index is -4.42. The number of alkyl halides is 3. The van der Waals surface area contributed by atoms with E-state index in [9.17, 15) is 21.6 Å². The monoisotopic (exact) mass is 490 g/mol. The quantitative estimate of drug-likeness (QED) is 0.547. The summed E-state index contributed by atoms with van der Waals surface area (Å²) in [7, 11) is -3.02. The molecule has 9 heteroatoms. The number of ether oxygens (including phenoxy) is 1. The van der Waals surface area contributed by atoms with Crippen LogP contribution in [0.3, 0.4) is 0 Å². The Morgan fingerprint density at radius 1 is 1.09 bits per heavy atom. The Labute approximate surface area is 196 Å². The maximum absolute atomic E-state index is 13.1. The molecule has 180 valence electrons. The van der Waals surface area contributed by atoms with Crippen LogP contribution in [0.5, 0.6) is 5.88 Å². The molecule has 34 heavy (non-hydrogen) atoms. The summed E-state index contributed by atoms with van der Waals surface area (Å²) in [6.07, 6.45) is -0.722. The molecule has 1 saturated heterocycles. The van der Waals surface area contributed by atoms with E-state index in [-0.39, 0.29) is 24.2 Å². The largest absolute Gasteiger partial charge is 0.473 e. The number of fused-ring (bicyclic) bond motifs is 2. The van der Waals surface area contributed by atoms with E-state index in [1.807, 2.05) is 6.07 Å². The standard InChI is InChI=1S/C25H25F3N2O3S/c26-25(27,28)21-6-1-3-16(9-21)14-33-24-20(13-29-22-7-8-34(31,32)15-22)11-19-10-17-4-2-5-18(17)12-23(19)30-24/h1,3,6,9-12,22,29H,2,4-5,7-8,13-15H2/t22-/m0/s1. The number of nitrogens with one attached hydrogen (secondary N) is 1. The first-order chi connectivity index (χ1) is 16.2. The number of hydrogen-bond donors (Lipinski definition) is 1. The fourth-order valence-electron chi connectivity index (χ4n) is 4.72. The van der Waals surface area contributed by atoms with Gasteiger partial charge in [-0.2, -0.15) is 13.2 Å². The van der Waals surface area contributed by atoms with E-state index < -0.39 is 21.6 Å². The molecule has 0 unspecified atom stereocenters. The van der Waals surface area contributed by atoms with Crippen LogP contribution >= 0.6 is 0 Å². The number of aromatic nitrogens is 1. The normalized spacial score (nSPS) is 19.4. The van der Waals surface area contributed by atoms with Crippen molar-refractivity contribution in [2.24, 2.45) is 0 Å². The third-order valence-electron chi connectivity index (χ3n) is 6.51. The summed E-state index contributed by atoms with van der Waals surface area (Å²) >= 11 is 0. The van der Waals surface area contributed by atoms with Gasteiger partial charge in [-0.3, -0.25) is 0 Å². The Morgan fingerprint density at radius 2 is 1.88 bits per heavy atom. The molecule has 0 bridgehead atoms. The fourth-order valence-corrected chi connectivity index (χ4v) is 6.43. The van der Waals surface area contributed by atoms with Crippen LogP contribution < -0.4 is 10.1 Å². The molecule has 1 atom stereocenters. The van der Waals surface area contributed by atoms with Crippen LogP contribution in [0.25, 0.3) is 10.9 Å². The molecule has 5 nitrogen and oxygen atoms in total. The van der Waals surface area contributed by atoms with Crippen LogP contribution in [0.15, 0.2) is 42.5 Å². The van der Waals surface area contributed by atoms with E-state index in [1.54, 1.807) is 6.07 Å². The van der Waals surface area contributed by atoms with E-state index in [4.69, 9.17) is 9.72 Å². The number of rotatable bonds is 6. The van der Waals surface area contributed by atoms with Crippen molar-refractivity contribution in [3.63, 3.8) is 0 Å². The highest BCUT2D eigenvalue weighted by Gasteiger charge is 2.30. The summed E-state index contributed by atoms with van der Waals surface area (Å²) in [4.78, 5) is 4.71. The molecule has 0 saturated carbocycles. The molecule has 0 amide bonds. The maximum atomic E-state index is 13.1. The van der Waals surface area contributed by atoms with Crippen LogP contribution in [-0.2, 0) is 42.0 Å². The van der Waals surface area contributed by atoms with Crippen molar-refractivity contribution in [2.75, 3.05) is 11.5 Å². The average molecular weight is 491 g/mol. The van der Waals surface area contributed by atoms with E-state index in [0.29, 0.717) is 24.4 Å². The Bertz CT molecular complexity index is 1340. The summed E-state index contributed by atoms with van der Waals surface area (Å²) in [6.45, 7) is 0.302. The molecule has 2 heterocycles. The number of benzene rings is 2. The molecule has 1 aliphatic carbocycles. The van der Waals surface area contributed by atoms with E-state index >= 15 is 0 Å². The topological polar surface area (TPSA) is 68.3 Å². The first kappa shape index (κ1) is 23.1. The molecular weight excluding hydrogens is 465 g/mol.